The first-order valence-corrected chi connectivity index (χ1v) is 12.3. The zero-order valence-corrected chi connectivity index (χ0v) is 20.3. The fourth-order valence-electron chi connectivity index (χ4n) is 3.62. The second-order valence-electron chi connectivity index (χ2n) is 7.91. The van der Waals surface area contributed by atoms with Crippen molar-refractivity contribution in [2.45, 2.75) is 76.0 Å². The van der Waals surface area contributed by atoms with Crippen molar-refractivity contribution in [2.24, 2.45) is 0 Å². The summed E-state index contributed by atoms with van der Waals surface area (Å²) in [6, 6.07) is 8.43. The number of rotatable bonds is 14. The van der Waals surface area contributed by atoms with Crippen molar-refractivity contribution in [1.82, 2.24) is 0 Å². The Kier molecular flexibility index (Phi) is 11.3. The molecule has 0 bridgehead atoms. The van der Waals surface area contributed by atoms with Crippen molar-refractivity contribution in [1.29, 1.82) is 0 Å². The third-order valence-electron chi connectivity index (χ3n) is 5.17. The van der Waals surface area contributed by atoms with Gasteiger partial charge in [-0.15, -0.1) is 0 Å². The zero-order valence-electron chi connectivity index (χ0n) is 19.5. The molecule has 0 saturated carbocycles. The van der Waals surface area contributed by atoms with Crippen LogP contribution in [0.3, 0.4) is 0 Å². The lowest BCUT2D eigenvalue weighted by Gasteiger charge is -2.19. The predicted octanol–water partition coefficient (Wildman–Crippen LogP) is 5.88. The van der Waals surface area contributed by atoms with E-state index in [4.69, 9.17) is 19.7 Å². The van der Waals surface area contributed by atoms with Gasteiger partial charge >= 0.3 is 0 Å². The molecule has 0 atom stereocenters. The summed E-state index contributed by atoms with van der Waals surface area (Å²) < 4.78 is 11.4. The second-order valence-corrected chi connectivity index (χ2v) is 8.93. The lowest BCUT2D eigenvalue weighted by Crippen LogP contribution is -2.04. The minimum absolute atomic E-state index is 0.0184. The van der Waals surface area contributed by atoms with Crippen LogP contribution in [0.25, 0.3) is 0 Å². The molecule has 4 nitrogen and oxygen atoms in total. The van der Waals surface area contributed by atoms with Crippen molar-refractivity contribution in [3.05, 3.63) is 46.5 Å². The maximum atomic E-state index is 9.11. The van der Waals surface area contributed by atoms with Crippen LogP contribution < -0.4 is 9.47 Å². The molecule has 0 heterocycles. The van der Waals surface area contributed by atoms with Crippen molar-refractivity contribution in [2.75, 3.05) is 26.4 Å². The minimum Gasteiger partial charge on any atom is -0.491 e. The summed E-state index contributed by atoms with van der Waals surface area (Å²) in [5.74, 6) is 1.66. The Morgan fingerprint density at radius 1 is 0.710 bits per heavy atom. The molecule has 0 saturated heterocycles. The van der Waals surface area contributed by atoms with E-state index in [1.165, 1.54) is 32.0 Å². The highest BCUT2D eigenvalue weighted by atomic mass is 32.2. The molecule has 172 valence electrons. The van der Waals surface area contributed by atoms with E-state index in [0.717, 1.165) is 50.0 Å². The molecule has 0 radical (unpaired) electrons. The first-order chi connectivity index (χ1) is 15.0. The van der Waals surface area contributed by atoms with Gasteiger partial charge < -0.3 is 19.7 Å². The molecular formula is C26H38O4S. The van der Waals surface area contributed by atoms with Crippen molar-refractivity contribution in [3.8, 4) is 11.5 Å². The highest BCUT2D eigenvalue weighted by Gasteiger charge is 2.16. The van der Waals surface area contributed by atoms with E-state index in [1.807, 2.05) is 11.8 Å². The lowest BCUT2D eigenvalue weighted by molar-refractivity contribution is 0.201. The smallest absolute Gasteiger partial charge is 0.120 e. The van der Waals surface area contributed by atoms with Gasteiger partial charge in [0.05, 0.1) is 13.2 Å². The van der Waals surface area contributed by atoms with Crippen LogP contribution >= 0.6 is 11.8 Å². The number of aliphatic hydroxyl groups excluding tert-OH is 2. The molecule has 0 fully saturated rings. The van der Waals surface area contributed by atoms with E-state index in [1.54, 1.807) is 0 Å². The maximum absolute atomic E-state index is 9.11. The largest absolute Gasteiger partial charge is 0.491 e. The Morgan fingerprint density at radius 2 is 1.13 bits per heavy atom. The topological polar surface area (TPSA) is 58.9 Å². The van der Waals surface area contributed by atoms with Crippen LogP contribution in [0.4, 0.5) is 0 Å². The van der Waals surface area contributed by atoms with Gasteiger partial charge in [0.1, 0.15) is 24.7 Å². The van der Waals surface area contributed by atoms with Crippen LogP contribution in [0, 0.1) is 13.8 Å². The molecule has 0 aromatic heterocycles. The molecule has 31 heavy (non-hydrogen) atoms. The molecule has 0 spiro atoms. The number of hydrogen-bond acceptors (Lipinski definition) is 5. The third kappa shape index (κ3) is 7.74. The Hall–Kier alpha value is -1.69. The first-order valence-electron chi connectivity index (χ1n) is 11.5. The molecule has 2 aromatic carbocycles. The lowest BCUT2D eigenvalue weighted by atomic mass is 10.0. The SMILES string of the molecule is CCCCc1cc(OCCO)cc(C)c1Sc1c(C)cc(OCCO)cc1CCCC. The molecule has 5 heteroatoms. The normalized spacial score (nSPS) is 11.0. The summed E-state index contributed by atoms with van der Waals surface area (Å²) in [5.41, 5.74) is 5.02. The minimum atomic E-state index is 0.0184. The van der Waals surface area contributed by atoms with Gasteiger partial charge in [0, 0.05) is 9.79 Å². The van der Waals surface area contributed by atoms with Crippen molar-refractivity contribution >= 4 is 11.8 Å². The van der Waals surface area contributed by atoms with Gasteiger partial charge in [-0.3, -0.25) is 0 Å². The first kappa shape index (κ1) is 25.6. The quantitative estimate of drug-likeness (QED) is 0.379. The van der Waals surface area contributed by atoms with Gasteiger partial charge in [-0.1, -0.05) is 38.5 Å². The van der Waals surface area contributed by atoms with E-state index < -0.39 is 0 Å². The van der Waals surface area contributed by atoms with Crippen LogP contribution in [0.5, 0.6) is 11.5 Å². The Morgan fingerprint density at radius 3 is 1.48 bits per heavy atom. The van der Waals surface area contributed by atoms with Gasteiger partial charge in [-0.05, 0) is 86.1 Å². The highest BCUT2D eigenvalue weighted by molar-refractivity contribution is 7.99. The highest BCUT2D eigenvalue weighted by Crippen LogP contribution is 2.41. The van der Waals surface area contributed by atoms with Crippen molar-refractivity contribution in [3.63, 3.8) is 0 Å². The Labute approximate surface area is 192 Å². The van der Waals surface area contributed by atoms with Crippen LogP contribution in [-0.2, 0) is 12.8 Å². The van der Waals surface area contributed by atoms with Crippen molar-refractivity contribution < 1.29 is 19.7 Å². The van der Waals surface area contributed by atoms with Gasteiger partial charge in [-0.25, -0.2) is 0 Å². The fourth-order valence-corrected chi connectivity index (χ4v) is 4.84. The molecule has 0 unspecified atom stereocenters. The van der Waals surface area contributed by atoms with Gasteiger partial charge in [0.15, 0.2) is 0 Å². The standard InChI is InChI=1S/C26H38O4S/c1-5-7-9-21-17-23(29-13-11-27)15-19(3)25(21)31-26-20(4)16-24(30-14-12-28)18-22(26)10-8-6-2/h15-18,27-28H,5-14H2,1-4H3. The van der Waals surface area contributed by atoms with Gasteiger partial charge in [0.2, 0.25) is 0 Å². The number of aliphatic hydroxyl groups is 2. The van der Waals surface area contributed by atoms with Gasteiger partial charge in [0.25, 0.3) is 0 Å². The van der Waals surface area contributed by atoms with Crippen LogP contribution in [0.2, 0.25) is 0 Å². The van der Waals surface area contributed by atoms with E-state index in [2.05, 4.69) is 52.0 Å². The van der Waals surface area contributed by atoms with E-state index in [9.17, 15) is 0 Å². The second kappa shape index (κ2) is 13.7. The Bertz CT molecular complexity index is 752. The average Bonchev–Trinajstić information content (AvgIpc) is 2.76. The number of ether oxygens (including phenoxy) is 2. The molecule has 2 aromatic rings. The average molecular weight is 447 g/mol. The maximum Gasteiger partial charge on any atom is 0.120 e. The molecular weight excluding hydrogens is 408 g/mol. The summed E-state index contributed by atoms with van der Waals surface area (Å²) >= 11 is 1.85. The van der Waals surface area contributed by atoms with E-state index in [0.29, 0.717) is 13.2 Å². The van der Waals surface area contributed by atoms with Crippen LogP contribution in [0.15, 0.2) is 34.1 Å². The van der Waals surface area contributed by atoms with Gasteiger partial charge in [-0.2, -0.15) is 0 Å². The third-order valence-corrected chi connectivity index (χ3v) is 6.75. The number of unbranched alkanes of at least 4 members (excludes halogenated alkanes) is 2. The zero-order chi connectivity index (χ0) is 22.6. The number of benzene rings is 2. The monoisotopic (exact) mass is 446 g/mol. The fraction of sp³-hybridized carbons (Fsp3) is 0.538. The number of hydrogen-bond donors (Lipinski definition) is 2. The summed E-state index contributed by atoms with van der Waals surface area (Å²) in [6.07, 6.45) is 6.57. The summed E-state index contributed by atoms with van der Waals surface area (Å²) in [4.78, 5) is 2.60. The molecule has 0 amide bonds. The molecule has 2 rings (SSSR count). The van der Waals surface area contributed by atoms with Crippen LogP contribution in [0.1, 0.15) is 61.8 Å². The summed E-state index contributed by atoms with van der Waals surface area (Å²) in [7, 11) is 0. The summed E-state index contributed by atoms with van der Waals surface area (Å²) in [5, 5.41) is 18.2. The van der Waals surface area contributed by atoms with Crippen LogP contribution in [-0.4, -0.2) is 36.6 Å². The van der Waals surface area contributed by atoms with E-state index in [-0.39, 0.29) is 13.2 Å². The number of aryl methyl sites for hydroxylation is 4. The molecule has 0 aliphatic rings. The molecule has 0 aliphatic carbocycles. The molecule has 0 aliphatic heterocycles. The molecule has 2 N–H and O–H groups in total. The predicted molar refractivity (Wildman–Crippen MR) is 129 cm³/mol. The van der Waals surface area contributed by atoms with E-state index >= 15 is 0 Å². The summed E-state index contributed by atoms with van der Waals surface area (Å²) in [6.45, 7) is 9.37. The Balaban J connectivity index is 2.44.